The number of benzene rings is 2. The molecule has 0 aliphatic heterocycles. The van der Waals surface area contributed by atoms with E-state index in [4.69, 9.17) is 4.74 Å². The number of rotatable bonds is 9. The Morgan fingerprint density at radius 1 is 1.24 bits per heavy atom. The molecule has 1 amide bonds. The maximum absolute atomic E-state index is 12.9. The second kappa shape index (κ2) is 10.6. The van der Waals surface area contributed by atoms with Crippen LogP contribution in [0.4, 0.5) is 5.69 Å². The largest absolute Gasteiger partial charge is 0.382 e. The van der Waals surface area contributed by atoms with E-state index in [2.05, 4.69) is 26.2 Å². The van der Waals surface area contributed by atoms with Crippen LogP contribution < -0.4 is 10.9 Å². The van der Waals surface area contributed by atoms with E-state index in [0.717, 1.165) is 4.47 Å². The van der Waals surface area contributed by atoms with Gasteiger partial charge in [-0.1, -0.05) is 45.9 Å². The van der Waals surface area contributed by atoms with E-state index in [9.17, 15) is 9.59 Å². The fourth-order valence-electron chi connectivity index (χ4n) is 2.82. The number of fused-ring (bicyclic) bond motifs is 1. The van der Waals surface area contributed by atoms with E-state index in [1.807, 2.05) is 49.4 Å². The summed E-state index contributed by atoms with van der Waals surface area (Å²) in [6, 6.07) is 14.7. The van der Waals surface area contributed by atoms with Crippen molar-refractivity contribution in [3.63, 3.8) is 0 Å². The number of thioether (sulfide) groups is 1. The van der Waals surface area contributed by atoms with Gasteiger partial charge < -0.3 is 10.1 Å². The molecule has 29 heavy (non-hydrogen) atoms. The average Bonchev–Trinajstić information content (AvgIpc) is 2.71. The second-order valence-corrected chi connectivity index (χ2v) is 8.12. The molecule has 0 bridgehead atoms. The lowest BCUT2D eigenvalue weighted by molar-refractivity contribution is -0.113. The molecule has 1 heterocycles. The molecule has 1 aromatic heterocycles. The van der Waals surface area contributed by atoms with Gasteiger partial charge in [-0.25, -0.2) is 4.98 Å². The van der Waals surface area contributed by atoms with E-state index in [1.54, 1.807) is 10.6 Å². The smallest absolute Gasteiger partial charge is 0.262 e. The number of hydrogen-bond acceptors (Lipinski definition) is 5. The molecule has 3 rings (SSSR count). The van der Waals surface area contributed by atoms with Crippen LogP contribution in [0.3, 0.4) is 0 Å². The first-order valence-electron chi connectivity index (χ1n) is 9.34. The highest BCUT2D eigenvalue weighted by molar-refractivity contribution is 9.10. The van der Waals surface area contributed by atoms with Gasteiger partial charge in [-0.15, -0.1) is 0 Å². The number of ether oxygens (including phenoxy) is 1. The van der Waals surface area contributed by atoms with Gasteiger partial charge in [0.05, 0.1) is 16.7 Å². The molecule has 0 radical (unpaired) electrons. The lowest BCUT2D eigenvalue weighted by Crippen LogP contribution is -2.25. The number of hydrogen-bond donors (Lipinski definition) is 1. The Labute approximate surface area is 181 Å². The van der Waals surface area contributed by atoms with Crippen LogP contribution in [0.25, 0.3) is 10.9 Å². The summed E-state index contributed by atoms with van der Waals surface area (Å²) < 4.78 is 7.91. The van der Waals surface area contributed by atoms with E-state index < -0.39 is 0 Å². The second-order valence-electron chi connectivity index (χ2n) is 6.27. The van der Waals surface area contributed by atoms with Crippen molar-refractivity contribution >= 4 is 50.2 Å². The molecule has 0 aliphatic carbocycles. The summed E-state index contributed by atoms with van der Waals surface area (Å²) >= 11 is 4.65. The number of para-hydroxylation sites is 1. The van der Waals surface area contributed by atoms with Crippen molar-refractivity contribution in [2.45, 2.75) is 25.0 Å². The van der Waals surface area contributed by atoms with Crippen molar-refractivity contribution < 1.29 is 9.53 Å². The fourth-order valence-corrected chi connectivity index (χ4v) is 4.04. The number of nitrogens with one attached hydrogen (secondary N) is 1. The lowest BCUT2D eigenvalue weighted by atomic mass is 10.2. The predicted molar refractivity (Wildman–Crippen MR) is 121 cm³/mol. The van der Waals surface area contributed by atoms with Crippen LogP contribution >= 0.6 is 27.7 Å². The van der Waals surface area contributed by atoms with E-state index >= 15 is 0 Å². The normalized spacial score (nSPS) is 11.0. The van der Waals surface area contributed by atoms with E-state index in [1.165, 1.54) is 11.8 Å². The van der Waals surface area contributed by atoms with Crippen molar-refractivity contribution in [1.29, 1.82) is 0 Å². The van der Waals surface area contributed by atoms with Crippen LogP contribution in [0.2, 0.25) is 0 Å². The quantitative estimate of drug-likeness (QED) is 0.283. The Bertz CT molecular complexity index is 1050. The Kier molecular flexibility index (Phi) is 7.85. The van der Waals surface area contributed by atoms with E-state index in [-0.39, 0.29) is 17.2 Å². The lowest BCUT2D eigenvalue weighted by Gasteiger charge is -2.13. The van der Waals surface area contributed by atoms with Crippen LogP contribution in [0, 0.1) is 0 Å². The number of carbonyl (C=O) groups is 1. The standard InChI is InChI=1S/C21H22BrN3O3S/c1-2-28-12-6-11-25-20(27)17-9-3-4-10-18(17)24-21(25)29-14-19(26)23-16-8-5-7-15(22)13-16/h3-5,7-10,13H,2,6,11-12,14H2,1H3,(H,23,26). The van der Waals surface area contributed by atoms with Crippen molar-refractivity contribution in [2.75, 3.05) is 24.3 Å². The molecule has 0 saturated carbocycles. The number of amides is 1. The molecule has 2 aromatic carbocycles. The van der Waals surface area contributed by atoms with E-state index in [0.29, 0.717) is 47.9 Å². The minimum Gasteiger partial charge on any atom is -0.382 e. The van der Waals surface area contributed by atoms with Gasteiger partial charge in [-0.2, -0.15) is 0 Å². The maximum atomic E-state index is 12.9. The highest BCUT2D eigenvalue weighted by Crippen LogP contribution is 2.20. The first kappa shape index (κ1) is 21.5. The van der Waals surface area contributed by atoms with Crippen LogP contribution in [-0.4, -0.2) is 34.4 Å². The summed E-state index contributed by atoms with van der Waals surface area (Å²) in [6.45, 7) is 3.65. The van der Waals surface area contributed by atoms with Crippen LogP contribution in [0.5, 0.6) is 0 Å². The Balaban J connectivity index is 1.77. The third-order valence-electron chi connectivity index (χ3n) is 4.14. The monoisotopic (exact) mass is 475 g/mol. The van der Waals surface area contributed by atoms with Crippen molar-refractivity contribution in [1.82, 2.24) is 9.55 Å². The Morgan fingerprint density at radius 3 is 2.86 bits per heavy atom. The molecule has 0 aliphatic rings. The van der Waals surface area contributed by atoms with Crippen molar-refractivity contribution in [3.8, 4) is 0 Å². The number of halogens is 1. The zero-order valence-corrected chi connectivity index (χ0v) is 18.5. The van der Waals surface area contributed by atoms with Gasteiger partial charge in [0.25, 0.3) is 5.56 Å². The third kappa shape index (κ3) is 5.91. The fraction of sp³-hybridized carbons (Fsp3) is 0.286. The van der Waals surface area contributed by atoms with Crippen LogP contribution in [0.15, 0.2) is 63.0 Å². The highest BCUT2D eigenvalue weighted by Gasteiger charge is 2.13. The van der Waals surface area contributed by atoms with Gasteiger partial charge in [0.15, 0.2) is 5.16 Å². The SMILES string of the molecule is CCOCCCn1c(SCC(=O)Nc2cccc(Br)c2)nc2ccccc2c1=O. The van der Waals surface area contributed by atoms with Gasteiger partial charge in [0.1, 0.15) is 0 Å². The molecule has 1 N–H and O–H groups in total. The predicted octanol–water partition coefficient (Wildman–Crippen LogP) is 4.32. The Hall–Kier alpha value is -2.16. The number of aromatic nitrogens is 2. The average molecular weight is 476 g/mol. The molecule has 0 spiro atoms. The highest BCUT2D eigenvalue weighted by atomic mass is 79.9. The first-order chi connectivity index (χ1) is 14.1. The number of carbonyl (C=O) groups excluding carboxylic acids is 1. The van der Waals surface area contributed by atoms with Gasteiger partial charge in [0.2, 0.25) is 5.91 Å². The molecule has 152 valence electrons. The summed E-state index contributed by atoms with van der Waals surface area (Å²) in [5.74, 6) is -0.000626. The molecular weight excluding hydrogens is 454 g/mol. The Morgan fingerprint density at radius 2 is 2.07 bits per heavy atom. The van der Waals surface area contributed by atoms with Crippen LogP contribution in [-0.2, 0) is 16.1 Å². The molecule has 3 aromatic rings. The van der Waals surface area contributed by atoms with Gasteiger partial charge in [-0.3, -0.25) is 14.2 Å². The molecule has 6 nitrogen and oxygen atoms in total. The molecule has 0 unspecified atom stereocenters. The summed E-state index contributed by atoms with van der Waals surface area (Å²) in [5, 5.41) is 3.97. The summed E-state index contributed by atoms with van der Waals surface area (Å²) in [6.07, 6.45) is 0.700. The number of nitrogens with zero attached hydrogens (tertiary/aromatic N) is 2. The molecule has 8 heteroatoms. The maximum Gasteiger partial charge on any atom is 0.262 e. The summed E-state index contributed by atoms with van der Waals surface area (Å²) in [4.78, 5) is 29.9. The van der Waals surface area contributed by atoms with Gasteiger partial charge in [0, 0.05) is 29.9 Å². The van der Waals surface area contributed by atoms with Gasteiger partial charge in [-0.05, 0) is 43.7 Å². The molecular formula is C21H22BrN3O3S. The molecule has 0 atom stereocenters. The zero-order valence-electron chi connectivity index (χ0n) is 16.1. The third-order valence-corrected chi connectivity index (χ3v) is 5.61. The summed E-state index contributed by atoms with van der Waals surface area (Å²) in [7, 11) is 0. The van der Waals surface area contributed by atoms with Crippen molar-refractivity contribution in [2.24, 2.45) is 0 Å². The first-order valence-corrected chi connectivity index (χ1v) is 11.1. The van der Waals surface area contributed by atoms with Crippen molar-refractivity contribution in [3.05, 3.63) is 63.4 Å². The van der Waals surface area contributed by atoms with Crippen LogP contribution in [0.1, 0.15) is 13.3 Å². The summed E-state index contributed by atoms with van der Waals surface area (Å²) in [5.41, 5.74) is 1.25. The molecule has 0 fully saturated rings. The minimum atomic E-state index is -0.156. The zero-order chi connectivity index (χ0) is 20.6. The molecule has 0 saturated heterocycles. The topological polar surface area (TPSA) is 73.2 Å². The minimum absolute atomic E-state index is 0.0954. The number of anilines is 1. The van der Waals surface area contributed by atoms with Gasteiger partial charge >= 0.3 is 0 Å².